The Bertz CT molecular complexity index is 571. The number of amides is 2. The van der Waals surface area contributed by atoms with Gasteiger partial charge in [0.2, 0.25) is 11.8 Å². The summed E-state index contributed by atoms with van der Waals surface area (Å²) in [7, 11) is 0. The van der Waals surface area contributed by atoms with Gasteiger partial charge >= 0.3 is 11.9 Å². The number of aromatic carboxylic acids is 2. The fraction of sp³-hybridized carbons (Fsp3) is 0. The first-order chi connectivity index (χ1) is 8.68. The average molecular weight is 268 g/mol. The summed E-state index contributed by atoms with van der Waals surface area (Å²) in [4.78, 5) is 44.0. The van der Waals surface area contributed by atoms with Gasteiger partial charge in [-0.25, -0.2) is 9.59 Å². The number of rotatable bonds is 4. The van der Waals surface area contributed by atoms with Crippen molar-refractivity contribution in [2.24, 2.45) is 11.5 Å². The minimum atomic E-state index is -1.77. The molecule has 0 aliphatic rings. The van der Waals surface area contributed by atoms with Gasteiger partial charge in [-0.1, -0.05) is 0 Å². The van der Waals surface area contributed by atoms with Crippen LogP contribution in [0.4, 0.5) is 0 Å². The maximum atomic E-state index is 11.1. The second-order valence-electron chi connectivity index (χ2n) is 3.41. The third-order valence-corrected chi connectivity index (χ3v) is 2.26. The van der Waals surface area contributed by atoms with Crippen LogP contribution in [0.5, 0.6) is 5.75 Å². The number of nitrogens with two attached hydrogens (primary N) is 2. The van der Waals surface area contributed by atoms with E-state index in [0.717, 1.165) is 0 Å². The van der Waals surface area contributed by atoms with Gasteiger partial charge in [-0.2, -0.15) is 0 Å². The zero-order chi connectivity index (χ0) is 14.9. The molecule has 9 nitrogen and oxygen atoms in total. The minimum absolute atomic E-state index is 0.622. The number of carbonyl (C=O) groups excluding carboxylic acids is 2. The molecule has 9 heteroatoms. The Morgan fingerprint density at radius 3 is 1.37 bits per heavy atom. The van der Waals surface area contributed by atoms with Gasteiger partial charge in [0.15, 0.2) is 0 Å². The highest BCUT2D eigenvalue weighted by atomic mass is 16.4. The quantitative estimate of drug-likeness (QED) is 0.463. The monoisotopic (exact) mass is 268 g/mol. The molecule has 0 fully saturated rings. The molecule has 0 saturated heterocycles. The Hall–Kier alpha value is -3.10. The molecular weight excluding hydrogens is 260 g/mol. The predicted molar refractivity (Wildman–Crippen MR) is 59.1 cm³/mol. The summed E-state index contributed by atoms with van der Waals surface area (Å²) in [6.07, 6.45) is 0. The lowest BCUT2D eigenvalue weighted by atomic mass is 9.95. The van der Waals surface area contributed by atoms with E-state index in [2.05, 4.69) is 0 Å². The second-order valence-corrected chi connectivity index (χ2v) is 3.41. The molecule has 1 rings (SSSR count). The van der Waals surface area contributed by atoms with E-state index >= 15 is 0 Å². The Morgan fingerprint density at radius 1 is 0.842 bits per heavy atom. The van der Waals surface area contributed by atoms with Gasteiger partial charge in [0, 0.05) is 0 Å². The molecule has 1 aromatic carbocycles. The summed E-state index contributed by atoms with van der Waals surface area (Å²) in [5, 5.41) is 27.3. The van der Waals surface area contributed by atoms with E-state index in [1.807, 2.05) is 0 Å². The molecule has 0 radical (unpaired) electrons. The minimum Gasteiger partial charge on any atom is -0.506 e. The lowest BCUT2D eigenvalue weighted by Crippen LogP contribution is -2.23. The first-order valence-corrected chi connectivity index (χ1v) is 4.64. The van der Waals surface area contributed by atoms with Crippen molar-refractivity contribution in [3.8, 4) is 5.75 Å². The van der Waals surface area contributed by atoms with Crippen LogP contribution in [0.15, 0.2) is 6.07 Å². The summed E-state index contributed by atoms with van der Waals surface area (Å²) in [6.45, 7) is 0. The highest BCUT2D eigenvalue weighted by Crippen LogP contribution is 2.29. The van der Waals surface area contributed by atoms with Crippen LogP contribution < -0.4 is 11.5 Å². The normalized spacial score (nSPS) is 9.89. The van der Waals surface area contributed by atoms with Crippen molar-refractivity contribution < 1.29 is 34.5 Å². The number of benzene rings is 1. The number of carboxylic acid groups (broad SMARTS) is 2. The smallest absolute Gasteiger partial charge is 0.340 e. The van der Waals surface area contributed by atoms with E-state index < -0.39 is 51.8 Å². The standard InChI is InChI=1S/C10H8N2O7/c11-7(14)2-1-3(8(12)15)5(10(18)19)6(13)4(2)9(16)17/h1,13H,(H2,11,14)(H2,12,15)(H,16,17)(H,18,19). The van der Waals surface area contributed by atoms with Gasteiger partial charge in [0.1, 0.15) is 16.9 Å². The van der Waals surface area contributed by atoms with E-state index in [4.69, 9.17) is 21.7 Å². The van der Waals surface area contributed by atoms with E-state index in [1.54, 1.807) is 0 Å². The van der Waals surface area contributed by atoms with Crippen molar-refractivity contribution in [1.82, 2.24) is 0 Å². The lowest BCUT2D eigenvalue weighted by molar-refractivity contribution is 0.0682. The fourth-order valence-electron chi connectivity index (χ4n) is 1.49. The highest BCUT2D eigenvalue weighted by molar-refractivity contribution is 6.13. The van der Waals surface area contributed by atoms with Gasteiger partial charge in [0.25, 0.3) is 0 Å². The molecular formula is C10H8N2O7. The number of hydrogen-bond donors (Lipinski definition) is 5. The van der Waals surface area contributed by atoms with Gasteiger partial charge in [-0.15, -0.1) is 0 Å². The van der Waals surface area contributed by atoms with Crippen molar-refractivity contribution in [3.05, 3.63) is 28.3 Å². The third kappa shape index (κ3) is 2.29. The molecule has 0 aromatic heterocycles. The Labute approximate surface area is 105 Å². The van der Waals surface area contributed by atoms with Crippen molar-refractivity contribution in [3.63, 3.8) is 0 Å². The number of carboxylic acids is 2. The van der Waals surface area contributed by atoms with Crippen molar-refractivity contribution in [2.45, 2.75) is 0 Å². The fourth-order valence-corrected chi connectivity index (χ4v) is 1.49. The topological polar surface area (TPSA) is 181 Å². The second kappa shape index (κ2) is 4.64. The van der Waals surface area contributed by atoms with Crippen LogP contribution in [-0.2, 0) is 0 Å². The number of aromatic hydroxyl groups is 1. The third-order valence-electron chi connectivity index (χ3n) is 2.26. The molecule has 1 aromatic rings. The molecule has 7 N–H and O–H groups in total. The van der Waals surface area contributed by atoms with E-state index in [0.29, 0.717) is 6.07 Å². The summed E-state index contributed by atoms with van der Waals surface area (Å²) in [5.41, 5.74) is 6.36. The molecule has 0 aliphatic heterocycles. The van der Waals surface area contributed by atoms with Crippen molar-refractivity contribution in [2.75, 3.05) is 0 Å². The van der Waals surface area contributed by atoms with E-state index in [-0.39, 0.29) is 0 Å². The summed E-state index contributed by atoms with van der Waals surface area (Å²) in [6, 6.07) is 0.622. The molecule has 100 valence electrons. The van der Waals surface area contributed by atoms with Crippen LogP contribution in [0, 0.1) is 0 Å². The molecule has 2 amide bonds. The lowest BCUT2D eigenvalue weighted by Gasteiger charge is -2.11. The first kappa shape index (κ1) is 14.0. The number of hydrogen-bond acceptors (Lipinski definition) is 5. The van der Waals surface area contributed by atoms with Crippen LogP contribution >= 0.6 is 0 Å². The zero-order valence-corrected chi connectivity index (χ0v) is 9.21. The molecule has 19 heavy (non-hydrogen) atoms. The van der Waals surface area contributed by atoms with Gasteiger partial charge in [-0.05, 0) is 6.07 Å². The largest absolute Gasteiger partial charge is 0.506 e. The van der Waals surface area contributed by atoms with Gasteiger partial charge < -0.3 is 26.8 Å². The number of carbonyl (C=O) groups is 4. The Balaban J connectivity index is 3.91. The number of phenols is 1. The maximum absolute atomic E-state index is 11.1. The molecule has 0 saturated carbocycles. The Kier molecular flexibility index (Phi) is 3.41. The first-order valence-electron chi connectivity index (χ1n) is 4.64. The van der Waals surface area contributed by atoms with Crippen molar-refractivity contribution >= 4 is 23.8 Å². The molecule has 0 unspecified atom stereocenters. The van der Waals surface area contributed by atoms with E-state index in [9.17, 15) is 24.3 Å². The van der Waals surface area contributed by atoms with Crippen LogP contribution in [0.25, 0.3) is 0 Å². The van der Waals surface area contributed by atoms with Crippen LogP contribution in [0.3, 0.4) is 0 Å². The van der Waals surface area contributed by atoms with E-state index in [1.165, 1.54) is 0 Å². The summed E-state index contributed by atoms with van der Waals surface area (Å²) >= 11 is 0. The maximum Gasteiger partial charge on any atom is 0.340 e. The molecule has 0 bridgehead atoms. The Morgan fingerprint density at radius 2 is 1.16 bits per heavy atom. The van der Waals surface area contributed by atoms with Crippen LogP contribution in [0.2, 0.25) is 0 Å². The predicted octanol–water partition coefficient (Wildman–Crippen LogP) is -1.01. The molecule has 0 heterocycles. The summed E-state index contributed by atoms with van der Waals surface area (Å²) in [5.74, 6) is -7.32. The average Bonchev–Trinajstić information content (AvgIpc) is 2.25. The highest BCUT2D eigenvalue weighted by Gasteiger charge is 2.29. The number of primary amides is 2. The SMILES string of the molecule is NC(=O)c1cc(C(N)=O)c(C(=O)O)c(O)c1C(=O)O. The molecule has 0 spiro atoms. The molecule has 0 atom stereocenters. The van der Waals surface area contributed by atoms with Gasteiger partial charge in [-0.3, -0.25) is 9.59 Å². The van der Waals surface area contributed by atoms with Crippen LogP contribution in [0.1, 0.15) is 41.4 Å². The molecule has 0 aliphatic carbocycles. The zero-order valence-electron chi connectivity index (χ0n) is 9.21. The summed E-state index contributed by atoms with van der Waals surface area (Å²) < 4.78 is 0. The van der Waals surface area contributed by atoms with Gasteiger partial charge in [0.05, 0.1) is 11.1 Å². The van der Waals surface area contributed by atoms with Crippen molar-refractivity contribution in [1.29, 1.82) is 0 Å². The van der Waals surface area contributed by atoms with Crippen LogP contribution in [-0.4, -0.2) is 39.1 Å².